The van der Waals surface area contributed by atoms with E-state index in [9.17, 15) is 4.79 Å². The van der Waals surface area contributed by atoms with Crippen LogP contribution in [0.15, 0.2) is 27.4 Å². The minimum Gasteiger partial charge on any atom is -0.408 e. The average Bonchev–Trinajstić information content (AvgIpc) is 2.82. The van der Waals surface area contributed by atoms with Gasteiger partial charge in [-0.25, -0.2) is 9.78 Å². The number of hydrogen-bond donors (Lipinski definition) is 0. The molecule has 3 aromatic rings. The van der Waals surface area contributed by atoms with Gasteiger partial charge in [0, 0.05) is 17.5 Å². The molecule has 0 amide bonds. The second-order valence-electron chi connectivity index (χ2n) is 4.27. The average molecular weight is 260 g/mol. The maximum absolute atomic E-state index is 11.4. The fourth-order valence-electron chi connectivity index (χ4n) is 1.86. The van der Waals surface area contributed by atoms with E-state index in [1.807, 2.05) is 25.1 Å². The maximum Gasteiger partial charge on any atom is 0.419 e. The highest BCUT2D eigenvalue weighted by molar-refractivity contribution is 7.15. The zero-order valence-electron chi connectivity index (χ0n) is 10.4. The Balaban J connectivity index is 2.24. The summed E-state index contributed by atoms with van der Waals surface area (Å²) >= 11 is 1.66. The first-order valence-corrected chi connectivity index (χ1v) is 6.42. The molecule has 2 aromatic heterocycles. The molecule has 5 heteroatoms. The van der Waals surface area contributed by atoms with Crippen LogP contribution in [0.4, 0.5) is 0 Å². The lowest BCUT2D eigenvalue weighted by Gasteiger charge is -1.97. The van der Waals surface area contributed by atoms with Crippen LogP contribution in [0.5, 0.6) is 0 Å². The number of aryl methyl sites for hydroxylation is 3. The van der Waals surface area contributed by atoms with Gasteiger partial charge in [-0.3, -0.25) is 4.57 Å². The Morgan fingerprint density at radius 2 is 2.11 bits per heavy atom. The summed E-state index contributed by atoms with van der Waals surface area (Å²) in [6, 6.07) is 5.69. The van der Waals surface area contributed by atoms with E-state index in [0.717, 1.165) is 21.8 Å². The lowest BCUT2D eigenvalue weighted by molar-refractivity contribution is 0.528. The molecule has 0 saturated carbocycles. The third-order valence-corrected chi connectivity index (χ3v) is 4.19. The minimum absolute atomic E-state index is 0.339. The van der Waals surface area contributed by atoms with Crippen LogP contribution in [0.2, 0.25) is 0 Å². The number of fused-ring (bicyclic) bond motifs is 1. The minimum atomic E-state index is -0.339. The van der Waals surface area contributed by atoms with Crippen molar-refractivity contribution in [1.29, 1.82) is 0 Å². The Bertz CT molecular complexity index is 776. The van der Waals surface area contributed by atoms with E-state index in [2.05, 4.69) is 11.9 Å². The predicted molar refractivity (Wildman–Crippen MR) is 72.0 cm³/mol. The van der Waals surface area contributed by atoms with Gasteiger partial charge < -0.3 is 4.42 Å². The molecule has 4 nitrogen and oxygen atoms in total. The maximum atomic E-state index is 11.4. The van der Waals surface area contributed by atoms with Crippen LogP contribution in [0.25, 0.3) is 21.7 Å². The molecule has 1 aromatic carbocycles. The van der Waals surface area contributed by atoms with Crippen LogP contribution in [0.1, 0.15) is 10.6 Å². The van der Waals surface area contributed by atoms with Gasteiger partial charge in [0.25, 0.3) is 0 Å². The number of oxazole rings is 1. The molecule has 0 aliphatic carbocycles. The van der Waals surface area contributed by atoms with E-state index in [-0.39, 0.29) is 5.76 Å². The normalized spacial score (nSPS) is 11.3. The molecule has 3 rings (SSSR count). The van der Waals surface area contributed by atoms with Gasteiger partial charge in [-0.05, 0) is 32.0 Å². The molecule has 18 heavy (non-hydrogen) atoms. The Morgan fingerprint density at radius 1 is 1.33 bits per heavy atom. The molecule has 0 saturated heterocycles. The second-order valence-corrected chi connectivity index (χ2v) is 5.47. The Morgan fingerprint density at radius 3 is 2.78 bits per heavy atom. The van der Waals surface area contributed by atoms with Gasteiger partial charge in [-0.1, -0.05) is 0 Å². The zero-order valence-corrected chi connectivity index (χ0v) is 11.2. The topological polar surface area (TPSA) is 48.0 Å². The first-order valence-electron chi connectivity index (χ1n) is 5.60. The number of rotatable bonds is 1. The molecule has 0 radical (unpaired) electrons. The van der Waals surface area contributed by atoms with Gasteiger partial charge in [0.1, 0.15) is 5.01 Å². The molecule has 2 heterocycles. The van der Waals surface area contributed by atoms with E-state index >= 15 is 0 Å². The van der Waals surface area contributed by atoms with Crippen molar-refractivity contribution in [3.05, 3.63) is 39.3 Å². The van der Waals surface area contributed by atoms with E-state index < -0.39 is 0 Å². The van der Waals surface area contributed by atoms with E-state index in [1.54, 1.807) is 18.4 Å². The van der Waals surface area contributed by atoms with Crippen molar-refractivity contribution in [1.82, 2.24) is 9.55 Å². The summed E-state index contributed by atoms with van der Waals surface area (Å²) in [6.07, 6.45) is 0. The molecule has 0 atom stereocenters. The first kappa shape index (κ1) is 11.2. The van der Waals surface area contributed by atoms with Gasteiger partial charge in [-0.15, -0.1) is 11.3 Å². The monoisotopic (exact) mass is 260 g/mol. The fourth-order valence-corrected chi connectivity index (χ4v) is 2.77. The molecular weight excluding hydrogens is 248 g/mol. The molecule has 0 bridgehead atoms. The summed E-state index contributed by atoms with van der Waals surface area (Å²) in [4.78, 5) is 17.2. The van der Waals surface area contributed by atoms with Crippen molar-refractivity contribution < 1.29 is 4.42 Å². The molecule has 0 aliphatic rings. The summed E-state index contributed by atoms with van der Waals surface area (Å²) in [5.41, 5.74) is 3.47. The predicted octanol–water partition coefficient (Wildman–Crippen LogP) is 2.87. The van der Waals surface area contributed by atoms with Crippen molar-refractivity contribution in [2.45, 2.75) is 13.8 Å². The number of thiazole rings is 1. The standard InChI is InChI=1S/C13H12N2O2S/c1-7-8(2)18-12(14-7)9-4-5-11-10(6-9)15(3)13(16)17-11/h4-6H,1-3H3. The lowest BCUT2D eigenvalue weighted by Crippen LogP contribution is -2.08. The van der Waals surface area contributed by atoms with E-state index in [0.29, 0.717) is 5.58 Å². The third kappa shape index (κ3) is 1.59. The SMILES string of the molecule is Cc1nc(-c2ccc3oc(=O)n(C)c3c2)sc1C. The molecule has 0 aliphatic heterocycles. The van der Waals surface area contributed by atoms with Crippen LogP contribution < -0.4 is 5.76 Å². The highest BCUT2D eigenvalue weighted by atomic mass is 32.1. The van der Waals surface area contributed by atoms with Crippen LogP contribution in [-0.4, -0.2) is 9.55 Å². The molecule has 92 valence electrons. The Hall–Kier alpha value is -1.88. The summed E-state index contributed by atoms with van der Waals surface area (Å²) in [5.74, 6) is -0.339. The smallest absolute Gasteiger partial charge is 0.408 e. The number of benzene rings is 1. The molecule has 0 unspecified atom stereocenters. The van der Waals surface area contributed by atoms with Crippen molar-refractivity contribution in [2.24, 2.45) is 7.05 Å². The van der Waals surface area contributed by atoms with Gasteiger partial charge >= 0.3 is 5.76 Å². The summed E-state index contributed by atoms with van der Waals surface area (Å²) in [6.45, 7) is 4.06. The van der Waals surface area contributed by atoms with Crippen LogP contribution in [0, 0.1) is 13.8 Å². The van der Waals surface area contributed by atoms with Gasteiger partial charge in [0.05, 0.1) is 11.2 Å². The highest BCUT2D eigenvalue weighted by Gasteiger charge is 2.10. The van der Waals surface area contributed by atoms with Crippen molar-refractivity contribution in [2.75, 3.05) is 0 Å². The second kappa shape index (κ2) is 3.81. The van der Waals surface area contributed by atoms with Crippen LogP contribution in [0.3, 0.4) is 0 Å². The third-order valence-electron chi connectivity index (χ3n) is 3.07. The van der Waals surface area contributed by atoms with Gasteiger partial charge in [0.2, 0.25) is 0 Å². The number of aromatic nitrogens is 2. The van der Waals surface area contributed by atoms with Crippen LogP contribution >= 0.6 is 11.3 Å². The number of nitrogens with zero attached hydrogens (tertiary/aromatic N) is 2. The lowest BCUT2D eigenvalue weighted by atomic mass is 10.2. The van der Waals surface area contributed by atoms with Crippen molar-refractivity contribution in [3.8, 4) is 10.6 Å². The molecule has 0 spiro atoms. The summed E-state index contributed by atoms with van der Waals surface area (Å²) in [5, 5.41) is 0.973. The first-order chi connectivity index (χ1) is 8.56. The van der Waals surface area contributed by atoms with E-state index in [1.165, 1.54) is 9.44 Å². The van der Waals surface area contributed by atoms with Gasteiger partial charge in [0.15, 0.2) is 5.58 Å². The quantitative estimate of drug-likeness (QED) is 0.676. The number of hydrogen-bond acceptors (Lipinski definition) is 4. The van der Waals surface area contributed by atoms with Crippen molar-refractivity contribution >= 4 is 22.4 Å². The zero-order chi connectivity index (χ0) is 12.9. The van der Waals surface area contributed by atoms with E-state index in [4.69, 9.17) is 4.42 Å². The summed E-state index contributed by atoms with van der Waals surface area (Å²) < 4.78 is 6.61. The highest BCUT2D eigenvalue weighted by Crippen LogP contribution is 2.29. The Kier molecular flexibility index (Phi) is 2.38. The molecular formula is C13H12N2O2S. The van der Waals surface area contributed by atoms with Crippen molar-refractivity contribution in [3.63, 3.8) is 0 Å². The summed E-state index contributed by atoms with van der Waals surface area (Å²) in [7, 11) is 1.70. The molecule has 0 fully saturated rings. The van der Waals surface area contributed by atoms with Crippen LogP contribution in [-0.2, 0) is 7.05 Å². The molecule has 0 N–H and O–H groups in total. The largest absolute Gasteiger partial charge is 0.419 e. The van der Waals surface area contributed by atoms with Gasteiger partial charge in [-0.2, -0.15) is 0 Å². The fraction of sp³-hybridized carbons (Fsp3) is 0.231. The Labute approximate surface area is 108 Å².